The second-order valence-electron chi connectivity index (χ2n) is 4.45. The maximum atomic E-state index is 11.9. The van der Waals surface area contributed by atoms with E-state index in [1.165, 1.54) is 4.90 Å². The molecule has 1 atom stereocenters. The average Bonchev–Trinajstić information content (AvgIpc) is 2.99. The molecule has 1 aliphatic carbocycles. The van der Waals surface area contributed by atoms with Crippen molar-refractivity contribution >= 4 is 11.9 Å². The number of rotatable bonds is 7. The number of amides is 1. The fourth-order valence-electron chi connectivity index (χ4n) is 1.68. The van der Waals surface area contributed by atoms with Gasteiger partial charge in [0.05, 0.1) is 6.04 Å². The normalized spacial score (nSPS) is 16.9. The predicted molar refractivity (Wildman–Crippen MR) is 59.8 cm³/mol. The van der Waals surface area contributed by atoms with E-state index in [0.717, 1.165) is 19.3 Å². The summed E-state index contributed by atoms with van der Waals surface area (Å²) < 4.78 is 0. The highest BCUT2D eigenvalue weighted by Crippen LogP contribution is 2.29. The average molecular weight is 228 g/mol. The molecule has 5 nitrogen and oxygen atoms in total. The van der Waals surface area contributed by atoms with E-state index in [0.29, 0.717) is 18.9 Å². The van der Waals surface area contributed by atoms with E-state index >= 15 is 0 Å². The van der Waals surface area contributed by atoms with Crippen molar-refractivity contribution in [3.63, 3.8) is 0 Å². The van der Waals surface area contributed by atoms with E-state index in [-0.39, 0.29) is 12.5 Å². The lowest BCUT2D eigenvalue weighted by atomic mass is 10.1. The van der Waals surface area contributed by atoms with Gasteiger partial charge < -0.3 is 15.7 Å². The van der Waals surface area contributed by atoms with Crippen molar-refractivity contribution in [1.82, 2.24) is 4.90 Å². The number of carboxylic acids is 1. The van der Waals surface area contributed by atoms with Gasteiger partial charge in [-0.15, -0.1) is 0 Å². The molecule has 0 spiro atoms. The van der Waals surface area contributed by atoms with Gasteiger partial charge in [0.15, 0.2) is 0 Å². The van der Waals surface area contributed by atoms with Crippen molar-refractivity contribution in [1.29, 1.82) is 0 Å². The van der Waals surface area contributed by atoms with Crippen molar-refractivity contribution in [3.05, 3.63) is 0 Å². The molecule has 5 heteroatoms. The van der Waals surface area contributed by atoms with Crippen molar-refractivity contribution in [3.8, 4) is 0 Å². The monoisotopic (exact) mass is 228 g/mol. The van der Waals surface area contributed by atoms with Crippen LogP contribution in [0.1, 0.15) is 32.6 Å². The third kappa shape index (κ3) is 4.18. The molecule has 0 unspecified atom stereocenters. The Balaban J connectivity index is 2.51. The Bertz CT molecular complexity index is 264. The number of hydrogen-bond acceptors (Lipinski definition) is 3. The Kier molecular flexibility index (Phi) is 4.73. The van der Waals surface area contributed by atoms with Crippen LogP contribution in [0.2, 0.25) is 0 Å². The summed E-state index contributed by atoms with van der Waals surface area (Å²) in [5.41, 5.74) is 5.72. The molecular formula is C11H20N2O3. The topological polar surface area (TPSA) is 83.6 Å². The zero-order chi connectivity index (χ0) is 12.1. The molecule has 1 fully saturated rings. The first-order valence-corrected chi connectivity index (χ1v) is 5.80. The molecule has 16 heavy (non-hydrogen) atoms. The van der Waals surface area contributed by atoms with Crippen LogP contribution in [0.4, 0.5) is 0 Å². The first kappa shape index (κ1) is 13.0. The summed E-state index contributed by atoms with van der Waals surface area (Å²) in [5.74, 6) is -0.717. The fourth-order valence-corrected chi connectivity index (χ4v) is 1.68. The summed E-state index contributed by atoms with van der Waals surface area (Å²) >= 11 is 0. The Morgan fingerprint density at radius 1 is 1.50 bits per heavy atom. The van der Waals surface area contributed by atoms with E-state index in [4.69, 9.17) is 10.8 Å². The van der Waals surface area contributed by atoms with Crippen LogP contribution in [0, 0.1) is 5.92 Å². The van der Waals surface area contributed by atoms with Crippen molar-refractivity contribution in [2.24, 2.45) is 11.7 Å². The molecule has 1 rings (SSSR count). The second-order valence-corrected chi connectivity index (χ2v) is 4.45. The number of nitrogens with zero attached hydrogens (tertiary/aromatic N) is 1. The first-order valence-electron chi connectivity index (χ1n) is 5.80. The summed E-state index contributed by atoms with van der Waals surface area (Å²) in [6.07, 6.45) is 3.62. The summed E-state index contributed by atoms with van der Waals surface area (Å²) in [6.45, 7) is 2.27. The van der Waals surface area contributed by atoms with E-state index < -0.39 is 12.0 Å². The Morgan fingerprint density at radius 2 is 2.12 bits per heavy atom. The molecule has 0 heterocycles. The molecule has 1 saturated carbocycles. The van der Waals surface area contributed by atoms with E-state index in [1.54, 1.807) is 0 Å². The van der Waals surface area contributed by atoms with Gasteiger partial charge in [0.25, 0.3) is 0 Å². The number of nitrogens with two attached hydrogens (primary N) is 1. The lowest BCUT2D eigenvalue weighted by Gasteiger charge is -2.23. The second kappa shape index (κ2) is 5.84. The van der Waals surface area contributed by atoms with Gasteiger partial charge in [-0.1, -0.05) is 13.3 Å². The molecule has 0 aliphatic heterocycles. The number of hydrogen-bond donors (Lipinski definition) is 2. The van der Waals surface area contributed by atoms with E-state index in [9.17, 15) is 9.59 Å². The smallest absolute Gasteiger partial charge is 0.323 e. The van der Waals surface area contributed by atoms with Crippen LogP contribution in [0.5, 0.6) is 0 Å². The van der Waals surface area contributed by atoms with Gasteiger partial charge in [-0.05, 0) is 25.2 Å². The Labute approximate surface area is 95.6 Å². The third-order valence-corrected chi connectivity index (χ3v) is 2.73. The molecule has 0 aromatic rings. The van der Waals surface area contributed by atoms with E-state index in [1.807, 2.05) is 6.92 Å². The van der Waals surface area contributed by atoms with Gasteiger partial charge in [-0.25, -0.2) is 0 Å². The van der Waals surface area contributed by atoms with Gasteiger partial charge in [0.2, 0.25) is 5.91 Å². The molecule has 0 aromatic carbocycles. The summed E-state index contributed by atoms with van der Waals surface area (Å²) in [5, 5.41) is 8.74. The van der Waals surface area contributed by atoms with E-state index in [2.05, 4.69) is 0 Å². The van der Waals surface area contributed by atoms with Crippen molar-refractivity contribution in [2.45, 2.75) is 38.6 Å². The van der Waals surface area contributed by atoms with Crippen LogP contribution in [-0.2, 0) is 9.59 Å². The largest absolute Gasteiger partial charge is 0.480 e. The number of carbonyl (C=O) groups is 2. The summed E-state index contributed by atoms with van der Waals surface area (Å²) in [4.78, 5) is 23.9. The molecule has 0 radical (unpaired) electrons. The zero-order valence-corrected chi connectivity index (χ0v) is 9.69. The maximum Gasteiger partial charge on any atom is 0.323 e. The number of aliphatic carboxylic acids is 1. The highest BCUT2D eigenvalue weighted by atomic mass is 16.4. The highest BCUT2D eigenvalue weighted by Gasteiger charge is 2.29. The van der Waals surface area contributed by atoms with Crippen LogP contribution in [0.25, 0.3) is 0 Å². The third-order valence-electron chi connectivity index (χ3n) is 2.73. The molecule has 0 aromatic heterocycles. The predicted octanol–water partition coefficient (Wildman–Crippen LogP) is 0.437. The van der Waals surface area contributed by atoms with Crippen LogP contribution in [0.3, 0.4) is 0 Å². The van der Waals surface area contributed by atoms with Gasteiger partial charge in [0.1, 0.15) is 6.54 Å². The molecule has 0 bridgehead atoms. The molecule has 92 valence electrons. The van der Waals surface area contributed by atoms with Crippen LogP contribution in [-0.4, -0.2) is 41.0 Å². The molecule has 3 N–H and O–H groups in total. The number of carbonyl (C=O) groups excluding carboxylic acids is 1. The SMILES string of the molecule is CCC[C@H](N)C(=O)N(CC(=O)O)CC1CC1. The Hall–Kier alpha value is -1.10. The molecular weight excluding hydrogens is 208 g/mol. The lowest BCUT2D eigenvalue weighted by Crippen LogP contribution is -2.46. The standard InChI is InChI=1S/C11H20N2O3/c1-2-3-9(12)11(16)13(7-10(14)15)6-8-4-5-8/h8-9H,2-7,12H2,1H3,(H,14,15)/t9-/m0/s1. The lowest BCUT2D eigenvalue weighted by molar-refractivity contribution is -0.145. The highest BCUT2D eigenvalue weighted by molar-refractivity contribution is 5.85. The summed E-state index contributed by atoms with van der Waals surface area (Å²) in [7, 11) is 0. The quantitative estimate of drug-likeness (QED) is 0.662. The number of carboxylic acid groups (broad SMARTS) is 1. The van der Waals surface area contributed by atoms with Gasteiger partial charge in [-0.3, -0.25) is 9.59 Å². The van der Waals surface area contributed by atoms with Crippen molar-refractivity contribution in [2.75, 3.05) is 13.1 Å². The van der Waals surface area contributed by atoms with Crippen LogP contribution < -0.4 is 5.73 Å². The van der Waals surface area contributed by atoms with Crippen LogP contribution in [0.15, 0.2) is 0 Å². The fraction of sp³-hybridized carbons (Fsp3) is 0.818. The maximum absolute atomic E-state index is 11.9. The van der Waals surface area contributed by atoms with Gasteiger partial charge in [0, 0.05) is 6.54 Å². The first-order chi connectivity index (χ1) is 7.54. The molecule has 0 saturated heterocycles. The van der Waals surface area contributed by atoms with Crippen LogP contribution >= 0.6 is 0 Å². The van der Waals surface area contributed by atoms with Crippen molar-refractivity contribution < 1.29 is 14.7 Å². The summed E-state index contributed by atoms with van der Waals surface area (Å²) in [6, 6.07) is -0.553. The molecule has 1 amide bonds. The minimum Gasteiger partial charge on any atom is -0.480 e. The minimum absolute atomic E-state index is 0.226. The minimum atomic E-state index is -0.974. The Morgan fingerprint density at radius 3 is 2.56 bits per heavy atom. The molecule has 1 aliphatic rings. The van der Waals surface area contributed by atoms with Gasteiger partial charge in [-0.2, -0.15) is 0 Å². The zero-order valence-electron chi connectivity index (χ0n) is 9.69. The van der Waals surface area contributed by atoms with Gasteiger partial charge >= 0.3 is 5.97 Å².